The third-order valence-electron chi connectivity index (χ3n) is 6.33. The normalized spacial score (nSPS) is 27.9. The van der Waals surface area contributed by atoms with E-state index in [2.05, 4.69) is 4.72 Å². The Morgan fingerprint density at radius 3 is 2.42 bits per heavy atom. The number of nitrogens with one attached hydrogen (secondary N) is 1. The summed E-state index contributed by atoms with van der Waals surface area (Å²) in [5, 5.41) is 10.8. The summed E-state index contributed by atoms with van der Waals surface area (Å²) < 4.78 is 33.9. The van der Waals surface area contributed by atoms with Crippen LogP contribution in [-0.2, 0) is 30.9 Å². The standard InChI is InChI=1S/C22H19N3O7S/c26-20-18-17-10-11-22(32-17,19(18)21(27)24(20)12-14-4-2-1-3-5-14)13-23-33(30,31)16-8-6-15(7-9-16)25(28)29/h1-11,17-19,23H,12-13H2/t17-,18-,19+,22+/m1/s1. The molecular formula is C22H19N3O7S. The lowest BCUT2D eigenvalue weighted by molar-refractivity contribution is -0.384. The number of fused-ring (bicyclic) bond motifs is 5. The van der Waals surface area contributed by atoms with Gasteiger partial charge >= 0.3 is 0 Å². The summed E-state index contributed by atoms with van der Waals surface area (Å²) >= 11 is 0. The predicted molar refractivity (Wildman–Crippen MR) is 114 cm³/mol. The van der Waals surface area contributed by atoms with Crippen LogP contribution in [0, 0.1) is 22.0 Å². The number of non-ortho nitro benzene ring substituents is 1. The number of nitro groups is 1. The highest BCUT2D eigenvalue weighted by Gasteiger charge is 2.67. The van der Waals surface area contributed by atoms with Gasteiger partial charge in [-0.15, -0.1) is 0 Å². The molecule has 2 saturated heterocycles. The predicted octanol–water partition coefficient (Wildman–Crippen LogP) is 1.38. The molecule has 5 rings (SSSR count). The molecule has 3 aliphatic rings. The van der Waals surface area contributed by atoms with Gasteiger partial charge in [-0.05, 0) is 17.7 Å². The van der Waals surface area contributed by atoms with Crippen LogP contribution in [-0.4, -0.2) is 48.3 Å². The number of imide groups is 1. The van der Waals surface area contributed by atoms with E-state index in [1.165, 1.54) is 4.90 Å². The molecule has 11 heteroatoms. The van der Waals surface area contributed by atoms with Crippen molar-refractivity contribution in [3.05, 3.63) is 82.4 Å². The first-order valence-corrected chi connectivity index (χ1v) is 11.7. The van der Waals surface area contributed by atoms with Crippen molar-refractivity contribution >= 4 is 27.5 Å². The molecule has 0 spiro atoms. The number of hydrogen-bond acceptors (Lipinski definition) is 7. The van der Waals surface area contributed by atoms with Crippen LogP contribution < -0.4 is 4.72 Å². The van der Waals surface area contributed by atoms with Crippen molar-refractivity contribution in [2.45, 2.75) is 23.1 Å². The van der Waals surface area contributed by atoms with Crippen LogP contribution in [0.4, 0.5) is 5.69 Å². The smallest absolute Gasteiger partial charge is 0.269 e. The van der Waals surface area contributed by atoms with Gasteiger partial charge in [0.2, 0.25) is 21.8 Å². The van der Waals surface area contributed by atoms with Gasteiger partial charge in [-0.2, -0.15) is 0 Å². The average molecular weight is 469 g/mol. The molecule has 2 amide bonds. The number of nitrogens with zero attached hydrogens (tertiary/aromatic N) is 2. The van der Waals surface area contributed by atoms with E-state index < -0.39 is 44.4 Å². The van der Waals surface area contributed by atoms with E-state index in [4.69, 9.17) is 4.74 Å². The van der Waals surface area contributed by atoms with Crippen LogP contribution >= 0.6 is 0 Å². The Labute approximate surface area is 189 Å². The summed E-state index contributed by atoms with van der Waals surface area (Å²) in [6.45, 7) is -0.110. The van der Waals surface area contributed by atoms with Gasteiger partial charge in [0.1, 0.15) is 5.60 Å². The van der Waals surface area contributed by atoms with E-state index >= 15 is 0 Å². The maximum absolute atomic E-state index is 13.2. The number of ether oxygens (including phenoxy) is 1. The average Bonchev–Trinajstić information content (AvgIpc) is 3.45. The maximum atomic E-state index is 13.2. The number of sulfonamides is 1. The van der Waals surface area contributed by atoms with Gasteiger partial charge in [-0.3, -0.25) is 24.6 Å². The number of hydrogen-bond donors (Lipinski definition) is 1. The second kappa shape index (κ2) is 7.58. The molecule has 0 radical (unpaired) electrons. The van der Waals surface area contributed by atoms with Crippen LogP contribution in [0.1, 0.15) is 5.56 Å². The number of carbonyl (C=O) groups excluding carboxylic acids is 2. The number of rotatable bonds is 7. The molecule has 4 atom stereocenters. The first kappa shape index (κ1) is 21.4. The molecule has 3 aliphatic heterocycles. The molecular weight excluding hydrogens is 450 g/mol. The Morgan fingerprint density at radius 1 is 1.06 bits per heavy atom. The Kier molecular flexibility index (Phi) is 4.92. The third kappa shape index (κ3) is 3.45. The van der Waals surface area contributed by atoms with Crippen LogP contribution in [0.25, 0.3) is 0 Å². The molecule has 3 heterocycles. The fraction of sp³-hybridized carbons (Fsp3) is 0.273. The Morgan fingerprint density at radius 2 is 1.76 bits per heavy atom. The summed E-state index contributed by atoms with van der Waals surface area (Å²) in [4.78, 5) is 37.5. The maximum Gasteiger partial charge on any atom is 0.269 e. The van der Waals surface area contributed by atoms with Crippen molar-refractivity contribution in [3.8, 4) is 0 Å². The van der Waals surface area contributed by atoms with E-state index in [-0.39, 0.29) is 29.6 Å². The highest BCUT2D eigenvalue weighted by molar-refractivity contribution is 7.89. The molecule has 0 unspecified atom stereocenters. The molecule has 170 valence electrons. The minimum absolute atomic E-state index is 0.142. The van der Waals surface area contributed by atoms with Gasteiger partial charge in [-0.1, -0.05) is 42.5 Å². The van der Waals surface area contributed by atoms with Gasteiger partial charge < -0.3 is 4.74 Å². The zero-order valence-corrected chi connectivity index (χ0v) is 18.0. The molecule has 2 aromatic carbocycles. The minimum Gasteiger partial charge on any atom is -0.361 e. The highest BCUT2D eigenvalue weighted by atomic mass is 32.2. The second-order valence-electron chi connectivity index (χ2n) is 8.22. The summed E-state index contributed by atoms with van der Waals surface area (Å²) in [7, 11) is -4.04. The van der Waals surface area contributed by atoms with Gasteiger partial charge in [0, 0.05) is 18.7 Å². The van der Waals surface area contributed by atoms with E-state index in [0.29, 0.717) is 0 Å². The molecule has 0 aliphatic carbocycles. The largest absolute Gasteiger partial charge is 0.361 e. The van der Waals surface area contributed by atoms with Crippen LogP contribution in [0.15, 0.2) is 71.6 Å². The molecule has 2 bridgehead atoms. The fourth-order valence-corrected chi connectivity index (χ4v) is 5.80. The van der Waals surface area contributed by atoms with Crippen molar-refractivity contribution in [3.63, 3.8) is 0 Å². The van der Waals surface area contributed by atoms with E-state index in [1.807, 2.05) is 30.3 Å². The number of benzene rings is 2. The lowest BCUT2D eigenvalue weighted by Crippen LogP contribution is -2.48. The molecule has 33 heavy (non-hydrogen) atoms. The molecule has 1 N–H and O–H groups in total. The van der Waals surface area contributed by atoms with E-state index in [1.54, 1.807) is 12.2 Å². The molecule has 2 aromatic rings. The fourth-order valence-electron chi connectivity index (χ4n) is 4.73. The monoisotopic (exact) mass is 469 g/mol. The van der Waals surface area contributed by atoms with Gasteiger partial charge in [-0.25, -0.2) is 13.1 Å². The number of carbonyl (C=O) groups is 2. The number of amides is 2. The molecule has 10 nitrogen and oxygen atoms in total. The first-order valence-electron chi connectivity index (χ1n) is 10.2. The first-order chi connectivity index (χ1) is 15.7. The molecule has 0 aromatic heterocycles. The molecule has 2 fully saturated rings. The number of likely N-dealkylation sites (tertiary alicyclic amines) is 1. The van der Waals surface area contributed by atoms with Crippen LogP contribution in [0.3, 0.4) is 0 Å². The third-order valence-corrected chi connectivity index (χ3v) is 7.74. The zero-order valence-electron chi connectivity index (χ0n) is 17.2. The zero-order chi connectivity index (χ0) is 23.4. The Balaban J connectivity index is 1.36. The summed E-state index contributed by atoms with van der Waals surface area (Å²) in [6.07, 6.45) is 2.74. The van der Waals surface area contributed by atoms with E-state index in [0.717, 1.165) is 29.8 Å². The van der Waals surface area contributed by atoms with E-state index in [9.17, 15) is 28.1 Å². The van der Waals surface area contributed by atoms with Gasteiger partial charge in [0.15, 0.2) is 0 Å². The topological polar surface area (TPSA) is 136 Å². The summed E-state index contributed by atoms with van der Waals surface area (Å²) in [6, 6.07) is 13.6. The minimum atomic E-state index is -4.04. The quantitative estimate of drug-likeness (QED) is 0.280. The lowest BCUT2D eigenvalue weighted by Gasteiger charge is -2.29. The second-order valence-corrected chi connectivity index (χ2v) is 9.99. The summed E-state index contributed by atoms with van der Waals surface area (Å²) in [5.74, 6) is -2.25. The summed E-state index contributed by atoms with van der Waals surface area (Å²) in [5.41, 5.74) is -0.695. The van der Waals surface area contributed by atoms with Crippen molar-refractivity contribution < 1.29 is 27.7 Å². The SMILES string of the molecule is O=C1[C@H]2[C@@H](C(=O)N1Cc1ccccc1)[C@@]1(CNS(=O)(=O)c3ccc([N+](=O)[O-])cc3)C=C[C@H]2O1. The van der Waals surface area contributed by atoms with Gasteiger partial charge in [0.25, 0.3) is 5.69 Å². The Bertz CT molecular complexity index is 1280. The van der Waals surface area contributed by atoms with Crippen molar-refractivity contribution in [1.29, 1.82) is 0 Å². The lowest BCUT2D eigenvalue weighted by atomic mass is 9.77. The van der Waals surface area contributed by atoms with Crippen molar-refractivity contribution in [2.24, 2.45) is 11.8 Å². The van der Waals surface area contributed by atoms with Crippen LogP contribution in [0.2, 0.25) is 0 Å². The molecule has 0 saturated carbocycles. The van der Waals surface area contributed by atoms with Crippen molar-refractivity contribution in [2.75, 3.05) is 6.54 Å². The van der Waals surface area contributed by atoms with Crippen molar-refractivity contribution in [1.82, 2.24) is 9.62 Å². The highest BCUT2D eigenvalue weighted by Crippen LogP contribution is 2.51. The Hall–Kier alpha value is -3.41. The number of nitro benzene ring substituents is 1. The van der Waals surface area contributed by atoms with Crippen LogP contribution in [0.5, 0.6) is 0 Å². The van der Waals surface area contributed by atoms with Gasteiger partial charge in [0.05, 0.1) is 34.3 Å².